The van der Waals surface area contributed by atoms with Crippen LogP contribution in [0.3, 0.4) is 0 Å². The van der Waals surface area contributed by atoms with Crippen LogP contribution in [0, 0.1) is 10.1 Å². The third-order valence-electron chi connectivity index (χ3n) is 4.99. The summed E-state index contributed by atoms with van der Waals surface area (Å²) in [5, 5.41) is 19.0. The second kappa shape index (κ2) is 9.82. The Morgan fingerprint density at radius 3 is 2.60 bits per heavy atom. The Labute approximate surface area is 221 Å². The lowest BCUT2D eigenvalue weighted by Gasteiger charge is -2.06. The number of rotatable bonds is 5. The molecule has 1 aliphatic rings. The van der Waals surface area contributed by atoms with Crippen molar-refractivity contribution >= 4 is 68.1 Å². The summed E-state index contributed by atoms with van der Waals surface area (Å²) in [5.74, 6) is 0.736. The van der Waals surface area contributed by atoms with Crippen LogP contribution in [-0.2, 0) is 0 Å². The predicted octanol–water partition coefficient (Wildman–Crippen LogP) is 7.04. The van der Waals surface area contributed by atoms with Crippen LogP contribution < -0.4 is 14.3 Å². The normalized spacial score (nSPS) is 13.1. The Balaban J connectivity index is 1.67. The van der Waals surface area contributed by atoms with Crippen molar-refractivity contribution in [2.45, 2.75) is 0 Å². The number of fused-ring (bicyclic) bond motifs is 1. The van der Waals surface area contributed by atoms with Crippen LogP contribution in [0.15, 0.2) is 74.5 Å². The van der Waals surface area contributed by atoms with E-state index < -0.39 is 4.92 Å². The minimum atomic E-state index is -0.489. The van der Waals surface area contributed by atoms with Gasteiger partial charge in [0, 0.05) is 15.4 Å². The molecule has 8 nitrogen and oxygen atoms in total. The van der Waals surface area contributed by atoms with E-state index >= 15 is 0 Å². The van der Waals surface area contributed by atoms with Gasteiger partial charge in [0.25, 0.3) is 5.69 Å². The van der Waals surface area contributed by atoms with E-state index in [0.29, 0.717) is 32.0 Å². The number of benzene rings is 3. The van der Waals surface area contributed by atoms with Gasteiger partial charge in [-0.25, -0.2) is 9.67 Å². The summed E-state index contributed by atoms with van der Waals surface area (Å²) in [6.45, 7) is 0.00518. The molecule has 1 aromatic heterocycles. The van der Waals surface area contributed by atoms with Crippen molar-refractivity contribution in [1.82, 2.24) is 4.68 Å². The van der Waals surface area contributed by atoms with Crippen LogP contribution in [0.4, 0.5) is 11.4 Å². The van der Waals surface area contributed by atoms with Crippen molar-refractivity contribution in [3.8, 4) is 22.8 Å². The predicted molar refractivity (Wildman–Crippen MR) is 139 cm³/mol. The minimum absolute atomic E-state index is 0.00518. The lowest BCUT2D eigenvalue weighted by molar-refractivity contribution is -0.385. The molecule has 176 valence electrons. The van der Waals surface area contributed by atoms with Crippen LogP contribution in [-0.4, -0.2) is 22.6 Å². The van der Waals surface area contributed by atoms with E-state index in [-0.39, 0.29) is 18.0 Å². The molecule has 12 heteroatoms. The molecule has 0 saturated carbocycles. The summed E-state index contributed by atoms with van der Waals surface area (Å²) in [6.07, 6.45) is 1.40. The summed E-state index contributed by atoms with van der Waals surface area (Å²) in [4.78, 5) is 16.4. The fraction of sp³-hybridized carbons (Fsp3) is 0.0435. The number of ether oxygens (including phenoxy) is 2. The maximum atomic E-state index is 11.7. The minimum Gasteiger partial charge on any atom is -0.454 e. The van der Waals surface area contributed by atoms with Gasteiger partial charge in [-0.2, -0.15) is 5.10 Å². The van der Waals surface area contributed by atoms with E-state index in [1.165, 1.54) is 29.7 Å². The number of halogens is 3. The smallest absolute Gasteiger partial charge is 0.282 e. The lowest BCUT2D eigenvalue weighted by atomic mass is 10.1. The zero-order chi connectivity index (χ0) is 24.5. The first-order valence-electron chi connectivity index (χ1n) is 9.98. The van der Waals surface area contributed by atoms with Crippen LogP contribution in [0.25, 0.3) is 11.3 Å². The average Bonchev–Trinajstić information content (AvgIpc) is 3.46. The number of nitrogens with zero attached hydrogens (tertiary/aromatic N) is 4. The number of aromatic nitrogens is 1. The summed E-state index contributed by atoms with van der Waals surface area (Å²) in [6, 6.07) is 15.6. The molecule has 4 aromatic rings. The molecule has 5 rings (SSSR count). The van der Waals surface area contributed by atoms with E-state index in [4.69, 9.17) is 32.7 Å². The highest BCUT2D eigenvalue weighted by molar-refractivity contribution is 9.10. The number of thiazole rings is 1. The molecule has 0 spiro atoms. The number of hydrogen-bond donors (Lipinski definition) is 0. The molecular weight excluding hydrogens is 579 g/mol. The van der Waals surface area contributed by atoms with Crippen molar-refractivity contribution in [2.75, 3.05) is 6.79 Å². The molecule has 0 saturated heterocycles. The zero-order valence-corrected chi connectivity index (χ0v) is 21.4. The Morgan fingerprint density at radius 2 is 1.86 bits per heavy atom. The Kier molecular flexibility index (Phi) is 6.61. The van der Waals surface area contributed by atoms with Gasteiger partial charge in [-0.15, -0.1) is 11.3 Å². The van der Waals surface area contributed by atoms with Gasteiger partial charge >= 0.3 is 0 Å². The molecule has 0 radical (unpaired) electrons. The standard InChI is InChI=1S/C23H13BrCl2N4O4S/c24-16-4-2-1-3-15(16)20-11-35-23(28-14-5-6-17(25)18(26)8-14)29(20)27-10-13-7-21-22(34-12-33-21)9-19(13)30(31)32/h1-11H,12H2. The second-order valence-electron chi connectivity index (χ2n) is 7.17. The van der Waals surface area contributed by atoms with Gasteiger partial charge < -0.3 is 9.47 Å². The topological polar surface area (TPSA) is 91.2 Å². The van der Waals surface area contributed by atoms with Crippen LogP contribution in [0.1, 0.15) is 5.56 Å². The molecule has 0 fully saturated rings. The molecule has 0 amide bonds. The zero-order valence-electron chi connectivity index (χ0n) is 17.5. The van der Waals surface area contributed by atoms with E-state index in [2.05, 4.69) is 26.0 Å². The van der Waals surface area contributed by atoms with Gasteiger partial charge in [-0.1, -0.05) is 57.3 Å². The lowest BCUT2D eigenvalue weighted by Crippen LogP contribution is -2.12. The highest BCUT2D eigenvalue weighted by Gasteiger charge is 2.22. The largest absolute Gasteiger partial charge is 0.454 e. The van der Waals surface area contributed by atoms with Crippen molar-refractivity contribution in [3.05, 3.63) is 95.0 Å². The van der Waals surface area contributed by atoms with Crippen molar-refractivity contribution in [3.63, 3.8) is 0 Å². The van der Waals surface area contributed by atoms with Gasteiger partial charge in [0.1, 0.15) is 0 Å². The summed E-state index contributed by atoms with van der Waals surface area (Å²) in [7, 11) is 0. The summed E-state index contributed by atoms with van der Waals surface area (Å²) in [5.41, 5.74) is 2.30. The molecule has 1 aliphatic heterocycles. The van der Waals surface area contributed by atoms with Gasteiger partial charge in [0.2, 0.25) is 11.6 Å². The van der Waals surface area contributed by atoms with E-state index in [0.717, 1.165) is 15.7 Å². The monoisotopic (exact) mass is 590 g/mol. The summed E-state index contributed by atoms with van der Waals surface area (Å²) < 4.78 is 13.1. The van der Waals surface area contributed by atoms with Gasteiger partial charge in [-0.05, 0) is 30.3 Å². The van der Waals surface area contributed by atoms with Gasteiger partial charge in [-0.3, -0.25) is 10.1 Å². The maximum Gasteiger partial charge on any atom is 0.282 e. The summed E-state index contributed by atoms with van der Waals surface area (Å²) >= 11 is 17.1. The third-order valence-corrected chi connectivity index (χ3v) is 7.24. The fourth-order valence-electron chi connectivity index (χ4n) is 3.34. The Hall–Kier alpha value is -3.18. The maximum absolute atomic E-state index is 11.7. The Morgan fingerprint density at radius 1 is 1.09 bits per heavy atom. The van der Waals surface area contributed by atoms with E-state index in [1.54, 1.807) is 22.9 Å². The number of hydrogen-bond acceptors (Lipinski definition) is 7. The fourth-order valence-corrected chi connectivity index (χ4v) is 4.96. The van der Waals surface area contributed by atoms with Gasteiger partial charge in [0.15, 0.2) is 11.5 Å². The van der Waals surface area contributed by atoms with Crippen molar-refractivity contribution in [2.24, 2.45) is 10.1 Å². The SMILES string of the molecule is O=[N+]([O-])c1cc2c(cc1C=Nn1c(-c3ccccc3Br)csc1=Nc1ccc(Cl)c(Cl)c1)OCO2. The number of nitro benzene ring substituents is 1. The molecule has 2 heterocycles. The molecule has 35 heavy (non-hydrogen) atoms. The molecule has 0 bridgehead atoms. The average molecular weight is 592 g/mol. The first-order chi connectivity index (χ1) is 16.9. The Bertz CT molecular complexity index is 1570. The highest BCUT2D eigenvalue weighted by Crippen LogP contribution is 2.37. The third kappa shape index (κ3) is 4.83. The second-order valence-corrected chi connectivity index (χ2v) is 9.68. The molecule has 0 unspecified atom stereocenters. The first-order valence-corrected chi connectivity index (χ1v) is 12.4. The van der Waals surface area contributed by atoms with Gasteiger partial charge in [0.05, 0.1) is 44.2 Å². The first kappa shape index (κ1) is 23.6. The molecule has 3 aromatic carbocycles. The highest BCUT2D eigenvalue weighted by atomic mass is 79.9. The quantitative estimate of drug-likeness (QED) is 0.141. The van der Waals surface area contributed by atoms with Crippen molar-refractivity contribution < 1.29 is 14.4 Å². The molecular formula is C23H13BrCl2N4O4S. The molecule has 0 atom stereocenters. The number of nitro groups is 1. The van der Waals surface area contributed by atoms with Crippen LogP contribution in [0.5, 0.6) is 11.5 Å². The van der Waals surface area contributed by atoms with E-state index in [9.17, 15) is 10.1 Å². The molecule has 0 aliphatic carbocycles. The molecule has 0 N–H and O–H groups in total. The van der Waals surface area contributed by atoms with Crippen LogP contribution in [0.2, 0.25) is 10.0 Å². The van der Waals surface area contributed by atoms with Crippen LogP contribution >= 0.6 is 50.5 Å². The van der Waals surface area contributed by atoms with Crippen molar-refractivity contribution in [1.29, 1.82) is 0 Å². The van der Waals surface area contributed by atoms with E-state index in [1.807, 2.05) is 29.6 Å².